The predicted octanol–water partition coefficient (Wildman–Crippen LogP) is 2.69. The second kappa shape index (κ2) is 7.90. The van der Waals surface area contributed by atoms with E-state index in [4.69, 9.17) is 16.3 Å². The number of rotatable bonds is 5. The second-order valence-corrected chi connectivity index (χ2v) is 6.08. The van der Waals surface area contributed by atoms with E-state index < -0.39 is 11.9 Å². The highest BCUT2D eigenvalue weighted by Crippen LogP contribution is 2.24. The molecule has 1 amide bonds. The first-order valence-corrected chi connectivity index (χ1v) is 7.85. The van der Waals surface area contributed by atoms with Crippen molar-refractivity contribution in [2.75, 3.05) is 19.8 Å². The van der Waals surface area contributed by atoms with Gasteiger partial charge < -0.3 is 15.2 Å². The minimum Gasteiger partial charge on any atom is -0.387 e. The molecule has 0 aromatic heterocycles. The lowest BCUT2D eigenvalue weighted by Crippen LogP contribution is -2.37. The molecule has 1 heterocycles. The molecule has 2 rings (SSSR count). The van der Waals surface area contributed by atoms with Gasteiger partial charge in [-0.1, -0.05) is 24.6 Å². The van der Waals surface area contributed by atoms with Crippen LogP contribution in [0, 0.1) is 17.7 Å². The summed E-state index contributed by atoms with van der Waals surface area (Å²) >= 11 is 5.60. The van der Waals surface area contributed by atoms with Crippen LogP contribution in [0.25, 0.3) is 0 Å². The highest BCUT2D eigenvalue weighted by atomic mass is 35.5. The van der Waals surface area contributed by atoms with Crippen LogP contribution in [0.3, 0.4) is 0 Å². The zero-order valence-corrected chi connectivity index (χ0v) is 13.3. The van der Waals surface area contributed by atoms with Gasteiger partial charge in [0.2, 0.25) is 5.91 Å². The van der Waals surface area contributed by atoms with Crippen molar-refractivity contribution in [3.63, 3.8) is 0 Å². The Morgan fingerprint density at radius 3 is 2.82 bits per heavy atom. The molecule has 0 spiro atoms. The van der Waals surface area contributed by atoms with E-state index in [-0.39, 0.29) is 23.4 Å². The third kappa shape index (κ3) is 4.41. The number of hydrogen-bond acceptors (Lipinski definition) is 3. The maximum Gasteiger partial charge on any atom is 0.223 e. The first kappa shape index (κ1) is 17.2. The summed E-state index contributed by atoms with van der Waals surface area (Å²) in [5, 5.41) is 12.8. The van der Waals surface area contributed by atoms with Crippen molar-refractivity contribution in [3.8, 4) is 0 Å². The van der Waals surface area contributed by atoms with E-state index in [1.807, 2.05) is 6.92 Å². The van der Waals surface area contributed by atoms with E-state index in [0.29, 0.717) is 24.7 Å². The fraction of sp³-hybridized carbons (Fsp3) is 0.562. The molecule has 1 saturated heterocycles. The molecule has 0 radical (unpaired) electrons. The molecule has 2 N–H and O–H groups in total. The van der Waals surface area contributed by atoms with Gasteiger partial charge in [-0.05, 0) is 36.5 Å². The van der Waals surface area contributed by atoms with Crippen LogP contribution in [0.2, 0.25) is 5.02 Å². The molecule has 2 atom stereocenters. The van der Waals surface area contributed by atoms with Crippen molar-refractivity contribution < 1.29 is 19.0 Å². The lowest BCUT2D eigenvalue weighted by molar-refractivity contribution is -0.127. The highest BCUT2D eigenvalue weighted by molar-refractivity contribution is 6.30. The fourth-order valence-electron chi connectivity index (χ4n) is 2.63. The Hall–Kier alpha value is -1.17. The molecule has 0 saturated carbocycles. The number of halogens is 2. The number of hydrogen-bond donors (Lipinski definition) is 2. The molecule has 0 bridgehead atoms. The van der Waals surface area contributed by atoms with Crippen LogP contribution in [-0.4, -0.2) is 30.8 Å². The number of benzene rings is 1. The van der Waals surface area contributed by atoms with E-state index in [0.717, 1.165) is 12.8 Å². The van der Waals surface area contributed by atoms with Crippen molar-refractivity contribution in [1.29, 1.82) is 0 Å². The van der Waals surface area contributed by atoms with E-state index in [2.05, 4.69) is 5.32 Å². The van der Waals surface area contributed by atoms with E-state index in [1.54, 1.807) is 6.07 Å². The smallest absolute Gasteiger partial charge is 0.223 e. The maximum atomic E-state index is 13.4. The summed E-state index contributed by atoms with van der Waals surface area (Å²) in [4.78, 5) is 12.1. The van der Waals surface area contributed by atoms with Crippen LogP contribution in [-0.2, 0) is 9.53 Å². The summed E-state index contributed by atoms with van der Waals surface area (Å²) < 4.78 is 18.7. The summed E-state index contributed by atoms with van der Waals surface area (Å²) in [5.41, 5.74) is 0.390. The largest absolute Gasteiger partial charge is 0.387 e. The van der Waals surface area contributed by atoms with Gasteiger partial charge in [0.25, 0.3) is 0 Å². The van der Waals surface area contributed by atoms with E-state index in [9.17, 15) is 14.3 Å². The number of nitrogens with one attached hydrogen (secondary N) is 1. The summed E-state index contributed by atoms with van der Waals surface area (Å²) in [6.45, 7) is 3.32. The van der Waals surface area contributed by atoms with Crippen LogP contribution < -0.4 is 5.32 Å². The van der Waals surface area contributed by atoms with Crippen LogP contribution in [0.5, 0.6) is 0 Å². The SMILES string of the molecule is CC(C(=O)NCC(O)c1ccc(Cl)c(F)c1)C1CCOCC1. The topological polar surface area (TPSA) is 58.6 Å². The molecule has 22 heavy (non-hydrogen) atoms. The van der Waals surface area contributed by atoms with Gasteiger partial charge in [0, 0.05) is 25.7 Å². The number of amides is 1. The van der Waals surface area contributed by atoms with Crippen molar-refractivity contribution in [1.82, 2.24) is 5.32 Å². The van der Waals surface area contributed by atoms with Gasteiger partial charge >= 0.3 is 0 Å². The summed E-state index contributed by atoms with van der Waals surface area (Å²) in [5.74, 6) is -0.502. The quantitative estimate of drug-likeness (QED) is 0.873. The molecule has 1 aliphatic heterocycles. The average Bonchev–Trinajstić information content (AvgIpc) is 2.54. The van der Waals surface area contributed by atoms with E-state index in [1.165, 1.54) is 12.1 Å². The number of ether oxygens (including phenoxy) is 1. The Labute approximate surface area is 134 Å². The standard InChI is InChI=1S/C16H21ClFNO3/c1-10(11-4-6-22-7-5-11)16(21)19-9-15(20)12-2-3-13(17)14(18)8-12/h2-3,8,10-11,15,20H,4-7,9H2,1H3,(H,19,21). The van der Waals surface area contributed by atoms with E-state index >= 15 is 0 Å². The van der Waals surface area contributed by atoms with Gasteiger partial charge in [-0.3, -0.25) is 4.79 Å². The lowest BCUT2D eigenvalue weighted by Gasteiger charge is -2.27. The normalized spacial score (nSPS) is 18.7. The number of carbonyl (C=O) groups is 1. The molecule has 2 unspecified atom stereocenters. The molecular weight excluding hydrogens is 309 g/mol. The zero-order valence-electron chi connectivity index (χ0n) is 12.5. The van der Waals surface area contributed by atoms with Crippen LogP contribution >= 0.6 is 11.6 Å². The highest BCUT2D eigenvalue weighted by Gasteiger charge is 2.26. The van der Waals surface area contributed by atoms with Crippen molar-refractivity contribution in [2.45, 2.75) is 25.9 Å². The van der Waals surface area contributed by atoms with Gasteiger partial charge in [-0.15, -0.1) is 0 Å². The Balaban J connectivity index is 1.85. The predicted molar refractivity (Wildman–Crippen MR) is 82.1 cm³/mol. The lowest BCUT2D eigenvalue weighted by atomic mass is 9.87. The molecular formula is C16H21ClFNO3. The van der Waals surface area contributed by atoms with Crippen molar-refractivity contribution >= 4 is 17.5 Å². The summed E-state index contributed by atoms with van der Waals surface area (Å²) in [6.07, 6.45) is 0.789. The molecule has 0 aliphatic carbocycles. The molecule has 1 aromatic carbocycles. The number of aliphatic hydroxyl groups excluding tert-OH is 1. The maximum absolute atomic E-state index is 13.4. The number of carbonyl (C=O) groups excluding carboxylic acids is 1. The van der Waals surface area contributed by atoms with Crippen molar-refractivity contribution in [3.05, 3.63) is 34.6 Å². The summed E-state index contributed by atoms with van der Waals surface area (Å²) in [7, 11) is 0. The fourth-order valence-corrected chi connectivity index (χ4v) is 2.74. The Kier molecular flexibility index (Phi) is 6.17. The van der Waals surface area contributed by atoms with Crippen LogP contribution in [0.4, 0.5) is 4.39 Å². The van der Waals surface area contributed by atoms with Crippen LogP contribution in [0.1, 0.15) is 31.4 Å². The Bertz CT molecular complexity index is 520. The Morgan fingerprint density at radius 2 is 2.18 bits per heavy atom. The first-order valence-electron chi connectivity index (χ1n) is 7.47. The summed E-state index contributed by atoms with van der Waals surface area (Å²) in [6, 6.07) is 4.12. The van der Waals surface area contributed by atoms with Crippen LogP contribution in [0.15, 0.2) is 18.2 Å². The third-order valence-electron chi connectivity index (χ3n) is 4.18. The van der Waals surface area contributed by atoms with Gasteiger partial charge in [-0.25, -0.2) is 4.39 Å². The van der Waals surface area contributed by atoms with Crippen molar-refractivity contribution in [2.24, 2.45) is 11.8 Å². The molecule has 1 aliphatic rings. The average molecular weight is 330 g/mol. The third-order valence-corrected chi connectivity index (χ3v) is 4.49. The Morgan fingerprint density at radius 1 is 1.50 bits per heavy atom. The first-order chi connectivity index (χ1) is 10.5. The van der Waals surface area contributed by atoms with Gasteiger partial charge in [0.1, 0.15) is 5.82 Å². The number of aliphatic hydroxyl groups is 1. The molecule has 6 heteroatoms. The minimum atomic E-state index is -0.961. The monoisotopic (exact) mass is 329 g/mol. The molecule has 122 valence electrons. The zero-order chi connectivity index (χ0) is 16.1. The van der Waals surface area contributed by atoms with Gasteiger partial charge in [0.05, 0.1) is 11.1 Å². The molecule has 4 nitrogen and oxygen atoms in total. The van der Waals surface area contributed by atoms with Gasteiger partial charge in [0.15, 0.2) is 0 Å². The van der Waals surface area contributed by atoms with Gasteiger partial charge in [-0.2, -0.15) is 0 Å². The minimum absolute atomic E-state index is 0.00752. The molecule has 1 aromatic rings. The second-order valence-electron chi connectivity index (χ2n) is 5.67. The molecule has 1 fully saturated rings.